The summed E-state index contributed by atoms with van der Waals surface area (Å²) in [5.41, 5.74) is 0. The normalized spacial score (nSPS) is 10.7. The van der Waals surface area contributed by atoms with Crippen molar-refractivity contribution in [3.05, 3.63) is 18.2 Å². The molecule has 1 aromatic rings. The highest BCUT2D eigenvalue weighted by molar-refractivity contribution is 4.88. The number of ether oxygens (including phenoxy) is 1. The van der Waals surface area contributed by atoms with Gasteiger partial charge in [0.15, 0.2) is 0 Å². The predicted molar refractivity (Wildman–Crippen MR) is 56.0 cm³/mol. The third kappa shape index (κ3) is 3.89. The van der Waals surface area contributed by atoms with E-state index in [1.807, 2.05) is 17.8 Å². The summed E-state index contributed by atoms with van der Waals surface area (Å²) in [6, 6.07) is 0. The number of rotatable bonds is 7. The molecule has 0 aliphatic heterocycles. The lowest BCUT2D eigenvalue weighted by molar-refractivity contribution is 0.115. The lowest BCUT2D eigenvalue weighted by Crippen LogP contribution is -2.20. The Hall–Kier alpha value is -0.870. The van der Waals surface area contributed by atoms with Crippen LogP contribution in [-0.4, -0.2) is 29.2 Å². The molecular weight excluding hydrogens is 178 g/mol. The molecule has 0 radical (unpaired) electrons. The van der Waals surface area contributed by atoms with Gasteiger partial charge in [0.2, 0.25) is 0 Å². The molecule has 0 saturated carbocycles. The number of aromatic nitrogens is 2. The van der Waals surface area contributed by atoms with Gasteiger partial charge in [0.25, 0.3) is 0 Å². The molecule has 1 aromatic heterocycles. The number of imidazole rings is 1. The maximum Gasteiger partial charge on any atom is 0.134 e. The van der Waals surface area contributed by atoms with E-state index in [9.17, 15) is 0 Å². The lowest BCUT2D eigenvalue weighted by atomic mass is 10.5. The molecule has 1 heterocycles. The minimum Gasteiger partial charge on any atom is -0.372 e. The highest BCUT2D eigenvalue weighted by atomic mass is 16.5. The van der Waals surface area contributed by atoms with Gasteiger partial charge < -0.3 is 14.6 Å². The van der Waals surface area contributed by atoms with Crippen LogP contribution >= 0.6 is 0 Å². The van der Waals surface area contributed by atoms with E-state index in [-0.39, 0.29) is 0 Å². The van der Waals surface area contributed by atoms with Crippen LogP contribution < -0.4 is 5.32 Å². The fraction of sp³-hybridized carbons (Fsp3) is 0.700. The standard InChI is InChI=1S/C10H19N3O/c1-3-4-11-6-8-14-9-10-12-5-7-13(10)2/h5,7,11H,3-4,6,8-9H2,1-2H3. The molecule has 0 aromatic carbocycles. The van der Waals surface area contributed by atoms with Crippen LogP contribution in [0.5, 0.6) is 0 Å². The Morgan fingerprint density at radius 3 is 3.00 bits per heavy atom. The first kappa shape index (κ1) is 11.2. The molecule has 80 valence electrons. The number of hydrogen-bond donors (Lipinski definition) is 1. The Balaban J connectivity index is 2.02. The zero-order valence-electron chi connectivity index (χ0n) is 8.99. The van der Waals surface area contributed by atoms with Crippen molar-refractivity contribution in [3.63, 3.8) is 0 Å². The average molecular weight is 197 g/mol. The van der Waals surface area contributed by atoms with Crippen molar-refractivity contribution in [2.75, 3.05) is 19.7 Å². The molecule has 0 unspecified atom stereocenters. The molecule has 0 aliphatic rings. The van der Waals surface area contributed by atoms with Crippen LogP contribution in [0.4, 0.5) is 0 Å². The first-order valence-corrected chi connectivity index (χ1v) is 5.09. The summed E-state index contributed by atoms with van der Waals surface area (Å²) < 4.78 is 7.43. The molecule has 4 heteroatoms. The van der Waals surface area contributed by atoms with Crippen LogP contribution in [-0.2, 0) is 18.4 Å². The third-order valence-electron chi connectivity index (χ3n) is 2.00. The molecule has 1 rings (SSSR count). The second-order valence-electron chi connectivity index (χ2n) is 3.26. The van der Waals surface area contributed by atoms with Gasteiger partial charge in [-0.15, -0.1) is 0 Å². The number of aryl methyl sites for hydroxylation is 1. The van der Waals surface area contributed by atoms with E-state index in [0.29, 0.717) is 6.61 Å². The Bertz CT molecular complexity index is 247. The van der Waals surface area contributed by atoms with Gasteiger partial charge in [0, 0.05) is 26.0 Å². The number of hydrogen-bond acceptors (Lipinski definition) is 3. The van der Waals surface area contributed by atoms with Crippen molar-refractivity contribution < 1.29 is 4.74 Å². The Morgan fingerprint density at radius 2 is 2.36 bits per heavy atom. The molecule has 1 N–H and O–H groups in total. The maximum atomic E-state index is 5.46. The fourth-order valence-corrected chi connectivity index (χ4v) is 1.15. The molecule has 0 amide bonds. The monoisotopic (exact) mass is 197 g/mol. The summed E-state index contributed by atoms with van der Waals surface area (Å²) >= 11 is 0. The minimum absolute atomic E-state index is 0.595. The Labute approximate surface area is 85.3 Å². The quantitative estimate of drug-likeness (QED) is 0.661. The molecule has 0 aliphatic carbocycles. The molecule has 0 fully saturated rings. The van der Waals surface area contributed by atoms with Crippen molar-refractivity contribution in [1.29, 1.82) is 0 Å². The summed E-state index contributed by atoms with van der Waals surface area (Å²) in [5, 5.41) is 3.28. The third-order valence-corrected chi connectivity index (χ3v) is 2.00. The highest BCUT2D eigenvalue weighted by Crippen LogP contribution is 1.95. The summed E-state index contributed by atoms with van der Waals surface area (Å²) in [5.74, 6) is 0.973. The largest absolute Gasteiger partial charge is 0.372 e. The SMILES string of the molecule is CCCNCCOCc1nccn1C. The van der Waals surface area contributed by atoms with Crippen LogP contribution in [0.3, 0.4) is 0 Å². The van der Waals surface area contributed by atoms with Gasteiger partial charge >= 0.3 is 0 Å². The Kier molecular flexibility index (Phi) is 5.25. The maximum absolute atomic E-state index is 5.46. The van der Waals surface area contributed by atoms with Gasteiger partial charge in [-0.1, -0.05) is 6.92 Å². The molecule has 0 bridgehead atoms. The molecular formula is C10H19N3O. The second kappa shape index (κ2) is 6.56. The van der Waals surface area contributed by atoms with Gasteiger partial charge in [-0.25, -0.2) is 4.98 Å². The van der Waals surface area contributed by atoms with E-state index in [0.717, 1.165) is 25.5 Å². The van der Waals surface area contributed by atoms with Crippen LogP contribution in [0.2, 0.25) is 0 Å². The predicted octanol–water partition coefficient (Wildman–Crippen LogP) is 0.936. The minimum atomic E-state index is 0.595. The Morgan fingerprint density at radius 1 is 1.50 bits per heavy atom. The van der Waals surface area contributed by atoms with Crippen LogP contribution in [0.1, 0.15) is 19.2 Å². The zero-order valence-corrected chi connectivity index (χ0v) is 8.99. The summed E-state index contributed by atoms with van der Waals surface area (Å²) in [4.78, 5) is 4.17. The smallest absolute Gasteiger partial charge is 0.134 e. The lowest BCUT2D eigenvalue weighted by Gasteiger charge is -2.05. The van der Waals surface area contributed by atoms with Crippen molar-refractivity contribution >= 4 is 0 Å². The molecule has 14 heavy (non-hydrogen) atoms. The van der Waals surface area contributed by atoms with Crippen LogP contribution in [0.15, 0.2) is 12.4 Å². The first-order valence-electron chi connectivity index (χ1n) is 5.09. The van der Waals surface area contributed by atoms with E-state index in [4.69, 9.17) is 4.74 Å². The van der Waals surface area contributed by atoms with E-state index in [2.05, 4.69) is 17.2 Å². The average Bonchev–Trinajstić information content (AvgIpc) is 2.58. The van der Waals surface area contributed by atoms with Crippen molar-refractivity contribution in [2.24, 2.45) is 7.05 Å². The van der Waals surface area contributed by atoms with Gasteiger partial charge in [0.1, 0.15) is 12.4 Å². The summed E-state index contributed by atoms with van der Waals surface area (Å²) in [7, 11) is 1.97. The fourth-order valence-electron chi connectivity index (χ4n) is 1.15. The van der Waals surface area contributed by atoms with E-state index in [1.165, 1.54) is 6.42 Å². The van der Waals surface area contributed by atoms with E-state index >= 15 is 0 Å². The molecule has 0 saturated heterocycles. The first-order chi connectivity index (χ1) is 6.84. The van der Waals surface area contributed by atoms with Crippen LogP contribution in [0, 0.1) is 0 Å². The van der Waals surface area contributed by atoms with Gasteiger partial charge in [-0.3, -0.25) is 0 Å². The van der Waals surface area contributed by atoms with Gasteiger partial charge in [-0.05, 0) is 13.0 Å². The van der Waals surface area contributed by atoms with Gasteiger partial charge in [0.05, 0.1) is 6.61 Å². The zero-order chi connectivity index (χ0) is 10.2. The van der Waals surface area contributed by atoms with E-state index < -0.39 is 0 Å². The molecule has 0 atom stereocenters. The van der Waals surface area contributed by atoms with Gasteiger partial charge in [-0.2, -0.15) is 0 Å². The van der Waals surface area contributed by atoms with Crippen molar-refractivity contribution in [1.82, 2.24) is 14.9 Å². The molecule has 0 spiro atoms. The summed E-state index contributed by atoms with van der Waals surface area (Å²) in [6.07, 6.45) is 4.88. The van der Waals surface area contributed by atoms with Crippen LogP contribution in [0.25, 0.3) is 0 Å². The topological polar surface area (TPSA) is 39.1 Å². The number of nitrogens with one attached hydrogen (secondary N) is 1. The van der Waals surface area contributed by atoms with Crippen molar-refractivity contribution in [2.45, 2.75) is 20.0 Å². The molecule has 4 nitrogen and oxygen atoms in total. The van der Waals surface area contributed by atoms with E-state index in [1.54, 1.807) is 6.20 Å². The van der Waals surface area contributed by atoms with Crippen molar-refractivity contribution in [3.8, 4) is 0 Å². The number of nitrogens with zero attached hydrogens (tertiary/aromatic N) is 2. The summed E-state index contributed by atoms with van der Waals surface area (Å²) in [6.45, 7) is 5.47. The highest BCUT2D eigenvalue weighted by Gasteiger charge is 1.97. The second-order valence-corrected chi connectivity index (χ2v) is 3.26.